The van der Waals surface area contributed by atoms with Crippen molar-refractivity contribution in [2.75, 3.05) is 18.0 Å². The molecule has 1 aromatic rings. The lowest BCUT2D eigenvalue weighted by Crippen LogP contribution is -2.27. The molecule has 0 saturated heterocycles. The van der Waals surface area contributed by atoms with E-state index >= 15 is 0 Å². The molecule has 2 aliphatic carbocycles. The first-order valence-corrected chi connectivity index (χ1v) is 7.28. The molecule has 3 heteroatoms. The van der Waals surface area contributed by atoms with Gasteiger partial charge in [-0.15, -0.1) is 0 Å². The van der Waals surface area contributed by atoms with Crippen LogP contribution >= 0.6 is 0 Å². The molecule has 2 aliphatic rings. The first-order chi connectivity index (χ1) is 8.86. The van der Waals surface area contributed by atoms with E-state index in [4.69, 9.17) is 0 Å². The zero-order chi connectivity index (χ0) is 12.4. The van der Waals surface area contributed by atoms with E-state index in [0.717, 1.165) is 25.0 Å². The molecule has 1 aromatic heterocycles. The Kier molecular flexibility index (Phi) is 3.50. The molecule has 2 fully saturated rings. The molecule has 0 radical (unpaired) electrons. The Morgan fingerprint density at radius 1 is 1.33 bits per heavy atom. The van der Waals surface area contributed by atoms with E-state index in [2.05, 4.69) is 28.2 Å². The van der Waals surface area contributed by atoms with Crippen LogP contribution in [0.3, 0.4) is 0 Å². The van der Waals surface area contributed by atoms with Crippen molar-refractivity contribution < 1.29 is 0 Å². The normalized spacial score (nSPS) is 18.9. The monoisotopic (exact) mass is 245 g/mol. The van der Waals surface area contributed by atoms with E-state index in [-0.39, 0.29) is 0 Å². The molecule has 0 amide bonds. The average molecular weight is 245 g/mol. The largest absolute Gasteiger partial charge is 0.371 e. The number of hydrogen-bond acceptors (Lipinski definition) is 3. The van der Waals surface area contributed by atoms with Crippen LogP contribution < -0.4 is 10.2 Å². The van der Waals surface area contributed by atoms with Crippen molar-refractivity contribution in [2.45, 2.75) is 45.2 Å². The summed E-state index contributed by atoms with van der Waals surface area (Å²) in [5.41, 5.74) is 2.74. The van der Waals surface area contributed by atoms with Crippen molar-refractivity contribution in [1.82, 2.24) is 10.3 Å². The summed E-state index contributed by atoms with van der Waals surface area (Å²) in [5.74, 6) is 0.933. The molecule has 0 atom stereocenters. The number of anilines is 1. The maximum atomic E-state index is 4.29. The lowest BCUT2D eigenvalue weighted by Gasteiger charge is -2.25. The van der Waals surface area contributed by atoms with Crippen molar-refractivity contribution in [3.8, 4) is 0 Å². The fourth-order valence-corrected chi connectivity index (χ4v) is 2.42. The van der Waals surface area contributed by atoms with Crippen LogP contribution in [-0.4, -0.2) is 24.1 Å². The summed E-state index contributed by atoms with van der Waals surface area (Å²) in [6, 6.07) is 2.94. The molecule has 98 valence electrons. The van der Waals surface area contributed by atoms with Gasteiger partial charge in [0.25, 0.3) is 0 Å². The summed E-state index contributed by atoms with van der Waals surface area (Å²) in [4.78, 5) is 6.81. The summed E-state index contributed by atoms with van der Waals surface area (Å²) in [5, 5.41) is 3.59. The first kappa shape index (κ1) is 12.0. The van der Waals surface area contributed by atoms with Crippen molar-refractivity contribution >= 4 is 5.69 Å². The predicted molar refractivity (Wildman–Crippen MR) is 74.7 cm³/mol. The standard InChI is InChI=1S/C15H23N3/c1-2-18(11-12-3-4-12)15-7-8-16-9-13(15)10-17-14-5-6-14/h7-9,12,14,17H,2-6,10-11H2,1H3. The van der Waals surface area contributed by atoms with E-state index in [0.29, 0.717) is 0 Å². The molecule has 1 heterocycles. The van der Waals surface area contributed by atoms with Crippen molar-refractivity contribution in [2.24, 2.45) is 5.92 Å². The average Bonchev–Trinajstić information content (AvgIpc) is 3.28. The van der Waals surface area contributed by atoms with Crippen LogP contribution in [0.5, 0.6) is 0 Å². The van der Waals surface area contributed by atoms with Gasteiger partial charge < -0.3 is 10.2 Å². The summed E-state index contributed by atoms with van der Waals surface area (Å²) >= 11 is 0. The van der Waals surface area contributed by atoms with Gasteiger partial charge in [0.05, 0.1) is 0 Å². The number of rotatable bonds is 7. The Bertz CT molecular complexity index is 396. The minimum absolute atomic E-state index is 0.761. The molecule has 2 saturated carbocycles. The van der Waals surface area contributed by atoms with Crippen LogP contribution in [0.2, 0.25) is 0 Å². The number of pyridine rings is 1. The second kappa shape index (κ2) is 5.27. The Labute approximate surface area is 110 Å². The second-order valence-electron chi connectivity index (χ2n) is 5.64. The molecule has 0 unspecified atom stereocenters. The molecule has 3 nitrogen and oxygen atoms in total. The highest BCUT2D eigenvalue weighted by molar-refractivity contribution is 5.52. The van der Waals surface area contributed by atoms with Gasteiger partial charge in [0.2, 0.25) is 0 Å². The van der Waals surface area contributed by atoms with Gasteiger partial charge in [0.15, 0.2) is 0 Å². The highest BCUT2D eigenvalue weighted by Crippen LogP contribution is 2.32. The van der Waals surface area contributed by atoms with Gasteiger partial charge in [-0.05, 0) is 44.6 Å². The van der Waals surface area contributed by atoms with Crippen LogP contribution in [-0.2, 0) is 6.54 Å². The Morgan fingerprint density at radius 2 is 2.17 bits per heavy atom. The van der Waals surface area contributed by atoms with Gasteiger partial charge in [-0.1, -0.05) is 0 Å². The number of nitrogens with one attached hydrogen (secondary N) is 1. The zero-order valence-corrected chi connectivity index (χ0v) is 11.2. The Balaban J connectivity index is 1.70. The van der Waals surface area contributed by atoms with E-state index in [1.807, 2.05) is 12.4 Å². The zero-order valence-electron chi connectivity index (χ0n) is 11.2. The third kappa shape index (κ3) is 3.02. The summed E-state index contributed by atoms with van der Waals surface area (Å²) < 4.78 is 0. The van der Waals surface area contributed by atoms with Crippen molar-refractivity contribution in [3.63, 3.8) is 0 Å². The third-order valence-corrected chi connectivity index (χ3v) is 3.93. The lowest BCUT2D eigenvalue weighted by atomic mass is 10.2. The summed E-state index contributed by atoms with van der Waals surface area (Å²) in [6.45, 7) is 5.53. The predicted octanol–water partition coefficient (Wildman–Crippen LogP) is 2.57. The van der Waals surface area contributed by atoms with E-state index in [9.17, 15) is 0 Å². The first-order valence-electron chi connectivity index (χ1n) is 7.28. The number of aromatic nitrogens is 1. The van der Waals surface area contributed by atoms with Crippen molar-refractivity contribution in [1.29, 1.82) is 0 Å². The van der Waals surface area contributed by atoms with Gasteiger partial charge >= 0.3 is 0 Å². The summed E-state index contributed by atoms with van der Waals surface area (Å²) in [7, 11) is 0. The maximum Gasteiger partial charge on any atom is 0.0442 e. The molecule has 0 aliphatic heterocycles. The number of nitrogens with zero attached hydrogens (tertiary/aromatic N) is 2. The van der Waals surface area contributed by atoms with Crippen LogP contribution in [0.4, 0.5) is 5.69 Å². The number of hydrogen-bond donors (Lipinski definition) is 1. The smallest absolute Gasteiger partial charge is 0.0442 e. The van der Waals surface area contributed by atoms with Gasteiger partial charge in [0.1, 0.15) is 0 Å². The van der Waals surface area contributed by atoms with Gasteiger partial charge in [-0.25, -0.2) is 0 Å². The minimum Gasteiger partial charge on any atom is -0.371 e. The molecule has 0 aromatic carbocycles. The fraction of sp³-hybridized carbons (Fsp3) is 0.667. The maximum absolute atomic E-state index is 4.29. The Morgan fingerprint density at radius 3 is 2.83 bits per heavy atom. The van der Waals surface area contributed by atoms with Crippen LogP contribution in [0, 0.1) is 5.92 Å². The lowest BCUT2D eigenvalue weighted by molar-refractivity contribution is 0.676. The van der Waals surface area contributed by atoms with Crippen LogP contribution in [0.15, 0.2) is 18.5 Å². The molecule has 3 rings (SSSR count). The van der Waals surface area contributed by atoms with Crippen molar-refractivity contribution in [3.05, 3.63) is 24.0 Å². The molecular formula is C15H23N3. The van der Waals surface area contributed by atoms with Gasteiger partial charge in [0, 0.05) is 49.3 Å². The SMILES string of the molecule is CCN(CC1CC1)c1ccncc1CNC1CC1. The fourth-order valence-electron chi connectivity index (χ4n) is 2.42. The highest BCUT2D eigenvalue weighted by atomic mass is 15.1. The minimum atomic E-state index is 0.761. The summed E-state index contributed by atoms with van der Waals surface area (Å²) in [6.07, 6.45) is 9.46. The van der Waals surface area contributed by atoms with E-state index < -0.39 is 0 Å². The molecule has 0 bridgehead atoms. The van der Waals surface area contributed by atoms with E-state index in [1.54, 1.807) is 0 Å². The van der Waals surface area contributed by atoms with Gasteiger partial charge in [-0.2, -0.15) is 0 Å². The molecular weight excluding hydrogens is 222 g/mol. The molecule has 1 N–H and O–H groups in total. The Hall–Kier alpha value is -1.09. The van der Waals surface area contributed by atoms with Gasteiger partial charge in [-0.3, -0.25) is 4.98 Å². The third-order valence-electron chi connectivity index (χ3n) is 3.93. The quantitative estimate of drug-likeness (QED) is 0.800. The highest BCUT2D eigenvalue weighted by Gasteiger charge is 2.25. The van der Waals surface area contributed by atoms with E-state index in [1.165, 1.54) is 43.5 Å². The molecule has 0 spiro atoms. The second-order valence-corrected chi connectivity index (χ2v) is 5.64. The topological polar surface area (TPSA) is 28.2 Å². The van der Waals surface area contributed by atoms with Crippen LogP contribution in [0.25, 0.3) is 0 Å². The van der Waals surface area contributed by atoms with Crippen LogP contribution in [0.1, 0.15) is 38.2 Å². The molecule has 18 heavy (non-hydrogen) atoms.